The van der Waals surface area contributed by atoms with Gasteiger partial charge in [0.1, 0.15) is 5.67 Å². The van der Waals surface area contributed by atoms with Crippen LogP contribution in [0, 0.1) is 0 Å². The molecular formula is C19H27FN2O3. The van der Waals surface area contributed by atoms with Gasteiger partial charge in [-0.2, -0.15) is 0 Å². The van der Waals surface area contributed by atoms with Crippen LogP contribution in [0.5, 0.6) is 0 Å². The number of carbonyl (C=O) groups excluding carboxylic acids is 1. The zero-order chi connectivity index (χ0) is 17.7. The fourth-order valence-electron chi connectivity index (χ4n) is 3.53. The first kappa shape index (κ1) is 18.3. The second kappa shape index (κ2) is 8.25. The minimum absolute atomic E-state index is 0.0451. The number of hydrogen-bond acceptors (Lipinski definition) is 4. The third-order valence-electron chi connectivity index (χ3n) is 5.15. The van der Waals surface area contributed by atoms with E-state index in [1.54, 1.807) is 4.90 Å². The standard InChI is InChI=1S/C19H27FN2O3/c20-19(15-23)8-11-21(14-19)12-18(24)22-9-6-17(7-10-22)25-13-16-4-2-1-3-5-16/h1-5,17,23H,6-15H2. The summed E-state index contributed by atoms with van der Waals surface area (Å²) in [7, 11) is 0. The summed E-state index contributed by atoms with van der Waals surface area (Å²) < 4.78 is 20.0. The normalized spacial score (nSPS) is 25.4. The van der Waals surface area contributed by atoms with Gasteiger partial charge in [-0.15, -0.1) is 0 Å². The predicted molar refractivity (Wildman–Crippen MR) is 92.8 cm³/mol. The summed E-state index contributed by atoms with van der Waals surface area (Å²) in [4.78, 5) is 16.0. The number of likely N-dealkylation sites (tertiary alicyclic amines) is 2. The summed E-state index contributed by atoms with van der Waals surface area (Å²) in [5.74, 6) is 0.0451. The molecule has 1 aromatic carbocycles. The summed E-state index contributed by atoms with van der Waals surface area (Å²) in [6, 6.07) is 10.1. The Morgan fingerprint density at radius 3 is 2.60 bits per heavy atom. The molecule has 0 saturated carbocycles. The number of amides is 1. The Morgan fingerprint density at radius 2 is 1.96 bits per heavy atom. The van der Waals surface area contributed by atoms with Crippen molar-refractivity contribution in [3.05, 3.63) is 35.9 Å². The van der Waals surface area contributed by atoms with E-state index >= 15 is 0 Å². The molecule has 0 aliphatic carbocycles. The molecule has 25 heavy (non-hydrogen) atoms. The molecule has 0 bridgehead atoms. The van der Waals surface area contributed by atoms with E-state index in [-0.39, 0.29) is 25.1 Å². The first-order chi connectivity index (χ1) is 12.1. The zero-order valence-corrected chi connectivity index (χ0v) is 14.6. The van der Waals surface area contributed by atoms with Crippen LogP contribution in [0.1, 0.15) is 24.8 Å². The average Bonchev–Trinajstić information content (AvgIpc) is 3.03. The smallest absolute Gasteiger partial charge is 0.236 e. The summed E-state index contributed by atoms with van der Waals surface area (Å²) in [6.07, 6.45) is 2.15. The molecule has 1 N–H and O–H groups in total. The van der Waals surface area contributed by atoms with Crippen molar-refractivity contribution in [1.29, 1.82) is 0 Å². The third-order valence-corrected chi connectivity index (χ3v) is 5.15. The van der Waals surface area contributed by atoms with Crippen LogP contribution < -0.4 is 0 Å². The number of carbonyl (C=O) groups is 1. The molecule has 5 nitrogen and oxygen atoms in total. The maximum Gasteiger partial charge on any atom is 0.236 e. The van der Waals surface area contributed by atoms with Crippen molar-refractivity contribution in [2.45, 2.75) is 37.6 Å². The van der Waals surface area contributed by atoms with Crippen molar-refractivity contribution in [3.63, 3.8) is 0 Å². The number of rotatable bonds is 6. The van der Waals surface area contributed by atoms with Crippen molar-refractivity contribution in [3.8, 4) is 0 Å². The number of hydrogen-bond donors (Lipinski definition) is 1. The molecule has 138 valence electrons. The highest BCUT2D eigenvalue weighted by Gasteiger charge is 2.38. The van der Waals surface area contributed by atoms with Gasteiger partial charge in [-0.25, -0.2) is 4.39 Å². The maximum atomic E-state index is 14.0. The van der Waals surface area contributed by atoms with Gasteiger partial charge in [-0.1, -0.05) is 30.3 Å². The van der Waals surface area contributed by atoms with Gasteiger partial charge in [-0.3, -0.25) is 9.69 Å². The second-order valence-corrected chi connectivity index (χ2v) is 7.15. The molecule has 2 saturated heterocycles. The van der Waals surface area contributed by atoms with Gasteiger partial charge in [0.15, 0.2) is 0 Å². The lowest BCUT2D eigenvalue weighted by molar-refractivity contribution is -0.135. The Morgan fingerprint density at radius 1 is 1.24 bits per heavy atom. The fourth-order valence-corrected chi connectivity index (χ4v) is 3.53. The van der Waals surface area contributed by atoms with Crippen LogP contribution in [0.2, 0.25) is 0 Å². The molecule has 6 heteroatoms. The minimum Gasteiger partial charge on any atom is -0.393 e. The van der Waals surface area contributed by atoms with Crippen molar-refractivity contribution in [2.24, 2.45) is 0 Å². The van der Waals surface area contributed by atoms with Crippen LogP contribution in [0.15, 0.2) is 30.3 Å². The summed E-state index contributed by atoms with van der Waals surface area (Å²) >= 11 is 0. The van der Waals surface area contributed by atoms with E-state index < -0.39 is 12.3 Å². The molecule has 0 radical (unpaired) electrons. The van der Waals surface area contributed by atoms with E-state index in [2.05, 4.69) is 0 Å². The van der Waals surface area contributed by atoms with Gasteiger partial charge >= 0.3 is 0 Å². The van der Waals surface area contributed by atoms with E-state index in [0.717, 1.165) is 18.4 Å². The Kier molecular flexibility index (Phi) is 6.04. The van der Waals surface area contributed by atoms with E-state index in [9.17, 15) is 9.18 Å². The van der Waals surface area contributed by atoms with Crippen molar-refractivity contribution < 1.29 is 19.0 Å². The molecule has 2 fully saturated rings. The Bertz CT molecular complexity index is 563. The number of piperidine rings is 1. The van der Waals surface area contributed by atoms with Crippen molar-refractivity contribution >= 4 is 5.91 Å². The highest BCUT2D eigenvalue weighted by atomic mass is 19.1. The fraction of sp³-hybridized carbons (Fsp3) is 0.632. The Labute approximate surface area is 148 Å². The number of benzene rings is 1. The monoisotopic (exact) mass is 350 g/mol. The lowest BCUT2D eigenvalue weighted by Gasteiger charge is -2.33. The van der Waals surface area contributed by atoms with Gasteiger partial charge in [0.25, 0.3) is 0 Å². The molecule has 1 unspecified atom stereocenters. The lowest BCUT2D eigenvalue weighted by atomic mass is 10.1. The second-order valence-electron chi connectivity index (χ2n) is 7.15. The van der Waals surface area contributed by atoms with Crippen molar-refractivity contribution in [2.75, 3.05) is 39.3 Å². The maximum absolute atomic E-state index is 14.0. The first-order valence-electron chi connectivity index (χ1n) is 9.03. The minimum atomic E-state index is -1.54. The van der Waals surface area contributed by atoms with Crippen molar-refractivity contribution in [1.82, 2.24) is 9.80 Å². The molecule has 1 amide bonds. The number of alkyl halides is 1. The van der Waals surface area contributed by atoms with Crippen LogP contribution in [0.25, 0.3) is 0 Å². The molecule has 0 spiro atoms. The topological polar surface area (TPSA) is 53.0 Å². The van der Waals surface area contributed by atoms with E-state index in [1.807, 2.05) is 35.2 Å². The van der Waals surface area contributed by atoms with Gasteiger partial charge in [-0.05, 0) is 24.8 Å². The van der Waals surface area contributed by atoms with Crippen LogP contribution in [-0.4, -0.2) is 71.9 Å². The van der Waals surface area contributed by atoms with Gasteiger partial charge < -0.3 is 14.7 Å². The largest absolute Gasteiger partial charge is 0.393 e. The number of halogens is 1. The molecule has 1 atom stereocenters. The van der Waals surface area contributed by atoms with Gasteiger partial charge in [0, 0.05) is 26.2 Å². The summed E-state index contributed by atoms with van der Waals surface area (Å²) in [5, 5.41) is 9.08. The van der Waals surface area contributed by atoms with Crippen LogP contribution in [-0.2, 0) is 16.1 Å². The molecule has 1 aromatic rings. The molecule has 2 heterocycles. The molecular weight excluding hydrogens is 323 g/mol. The summed E-state index contributed by atoms with van der Waals surface area (Å²) in [6.45, 7) is 2.42. The van der Waals surface area contributed by atoms with Gasteiger partial charge in [0.2, 0.25) is 5.91 Å². The third kappa shape index (κ3) is 5.00. The zero-order valence-electron chi connectivity index (χ0n) is 14.6. The van der Waals surface area contributed by atoms with E-state index in [4.69, 9.17) is 9.84 Å². The molecule has 2 aliphatic heterocycles. The number of aliphatic hydroxyl groups excluding tert-OH is 1. The van der Waals surface area contributed by atoms with Crippen LogP contribution in [0.4, 0.5) is 4.39 Å². The molecule has 2 aliphatic rings. The predicted octanol–water partition coefficient (Wildman–Crippen LogP) is 1.60. The average molecular weight is 350 g/mol. The number of ether oxygens (including phenoxy) is 1. The molecule has 3 rings (SSSR count). The van der Waals surface area contributed by atoms with E-state index in [0.29, 0.717) is 32.7 Å². The summed E-state index contributed by atoms with van der Waals surface area (Å²) in [5.41, 5.74) is -0.382. The highest BCUT2D eigenvalue weighted by Crippen LogP contribution is 2.25. The SMILES string of the molecule is O=C(CN1CCC(F)(CO)C1)N1CCC(OCc2ccccc2)CC1. The first-order valence-corrected chi connectivity index (χ1v) is 9.03. The Hall–Kier alpha value is -1.50. The van der Waals surface area contributed by atoms with Gasteiger partial charge in [0.05, 0.1) is 25.9 Å². The number of nitrogens with zero attached hydrogens (tertiary/aromatic N) is 2. The quantitative estimate of drug-likeness (QED) is 0.847. The Balaban J connectivity index is 1.38. The molecule has 0 aromatic heterocycles. The van der Waals surface area contributed by atoms with Crippen LogP contribution >= 0.6 is 0 Å². The van der Waals surface area contributed by atoms with Crippen LogP contribution in [0.3, 0.4) is 0 Å². The lowest BCUT2D eigenvalue weighted by Crippen LogP contribution is -2.45. The number of aliphatic hydroxyl groups is 1. The van der Waals surface area contributed by atoms with E-state index in [1.165, 1.54) is 0 Å². The highest BCUT2D eigenvalue weighted by molar-refractivity contribution is 5.78.